The summed E-state index contributed by atoms with van der Waals surface area (Å²) in [5.74, 6) is 0.0794. The minimum absolute atomic E-state index is 0.0794. The number of nitrogens with zero attached hydrogens (tertiary/aromatic N) is 1. The van der Waals surface area contributed by atoms with Gasteiger partial charge in [0.15, 0.2) is 0 Å². The second kappa shape index (κ2) is 5.19. The Hall–Kier alpha value is -0.870. The van der Waals surface area contributed by atoms with Crippen molar-refractivity contribution in [3.8, 4) is 0 Å². The highest BCUT2D eigenvalue weighted by molar-refractivity contribution is 9.10. The van der Waals surface area contributed by atoms with Gasteiger partial charge in [-0.05, 0) is 41.9 Å². The fourth-order valence-corrected chi connectivity index (χ4v) is 2.39. The smallest absolute Gasteiger partial charge is 0.255 e. The first kappa shape index (κ1) is 12.6. The molecule has 0 spiro atoms. The number of benzene rings is 1. The van der Waals surface area contributed by atoms with Crippen molar-refractivity contribution < 1.29 is 9.53 Å². The number of carbonyl (C=O) groups excluding carboxylic acids is 1. The quantitative estimate of drug-likeness (QED) is 0.797. The van der Waals surface area contributed by atoms with Gasteiger partial charge in [-0.2, -0.15) is 0 Å². The molecule has 3 nitrogen and oxygen atoms in total. The maximum absolute atomic E-state index is 12.4. The molecule has 1 atom stereocenters. The van der Waals surface area contributed by atoms with Crippen molar-refractivity contribution in [1.82, 2.24) is 4.90 Å². The maximum Gasteiger partial charge on any atom is 0.255 e. The van der Waals surface area contributed by atoms with E-state index in [1.165, 1.54) is 0 Å². The van der Waals surface area contributed by atoms with Crippen LogP contribution in [0, 0.1) is 6.92 Å². The molecule has 1 aromatic carbocycles. The Balaban J connectivity index is 2.21. The Morgan fingerprint density at radius 1 is 1.53 bits per heavy atom. The summed E-state index contributed by atoms with van der Waals surface area (Å²) < 4.78 is 6.30. The summed E-state index contributed by atoms with van der Waals surface area (Å²) in [6, 6.07) is 5.84. The normalized spacial score (nSPS) is 20.4. The van der Waals surface area contributed by atoms with Crippen molar-refractivity contribution in [2.75, 3.05) is 19.7 Å². The molecule has 0 aromatic heterocycles. The van der Waals surface area contributed by atoms with Gasteiger partial charge in [0.1, 0.15) is 0 Å². The van der Waals surface area contributed by atoms with Crippen LogP contribution in [0.4, 0.5) is 0 Å². The Morgan fingerprint density at radius 3 is 3.00 bits per heavy atom. The lowest BCUT2D eigenvalue weighted by atomic mass is 10.1. The zero-order valence-corrected chi connectivity index (χ0v) is 11.7. The molecular weight excluding hydrogens is 282 g/mol. The number of hydrogen-bond donors (Lipinski definition) is 0. The molecule has 4 heteroatoms. The van der Waals surface area contributed by atoms with E-state index < -0.39 is 0 Å². The summed E-state index contributed by atoms with van der Waals surface area (Å²) in [4.78, 5) is 14.2. The fraction of sp³-hybridized carbons (Fsp3) is 0.462. The Bertz CT molecular complexity index is 433. The van der Waals surface area contributed by atoms with Gasteiger partial charge in [0.05, 0.1) is 18.3 Å². The standard InChI is InChI=1S/C13H16BrNO2/c1-9-3-4-12(14)11(7-9)13(16)15-5-6-17-10(2)8-15/h3-4,7,10H,5-6,8H2,1-2H3/t10-/m0/s1. The number of halogens is 1. The summed E-state index contributed by atoms with van der Waals surface area (Å²) >= 11 is 3.43. The lowest BCUT2D eigenvalue weighted by Gasteiger charge is -2.31. The minimum Gasteiger partial charge on any atom is -0.375 e. The second-order valence-electron chi connectivity index (χ2n) is 4.42. The van der Waals surface area contributed by atoms with Crippen molar-refractivity contribution in [2.24, 2.45) is 0 Å². The molecule has 1 aromatic rings. The summed E-state index contributed by atoms with van der Waals surface area (Å²) in [6.45, 7) is 5.94. The summed E-state index contributed by atoms with van der Waals surface area (Å²) in [7, 11) is 0. The zero-order valence-electron chi connectivity index (χ0n) is 10.1. The summed E-state index contributed by atoms with van der Waals surface area (Å²) in [5.41, 5.74) is 1.83. The molecule has 0 aliphatic carbocycles. The topological polar surface area (TPSA) is 29.5 Å². The highest BCUT2D eigenvalue weighted by Gasteiger charge is 2.23. The molecule has 1 aliphatic rings. The number of ether oxygens (including phenoxy) is 1. The van der Waals surface area contributed by atoms with E-state index in [2.05, 4.69) is 15.9 Å². The van der Waals surface area contributed by atoms with Gasteiger partial charge in [0.2, 0.25) is 0 Å². The molecule has 92 valence electrons. The average molecular weight is 298 g/mol. The SMILES string of the molecule is Cc1ccc(Br)c(C(=O)N2CCO[C@@H](C)C2)c1. The van der Waals surface area contributed by atoms with E-state index in [0.29, 0.717) is 19.7 Å². The Kier molecular flexibility index (Phi) is 3.84. The molecule has 1 aliphatic heterocycles. The van der Waals surface area contributed by atoms with Crippen molar-refractivity contribution in [2.45, 2.75) is 20.0 Å². The minimum atomic E-state index is 0.0794. The highest BCUT2D eigenvalue weighted by Crippen LogP contribution is 2.21. The van der Waals surface area contributed by atoms with E-state index in [0.717, 1.165) is 15.6 Å². The predicted octanol–water partition coefficient (Wildman–Crippen LogP) is 2.62. The van der Waals surface area contributed by atoms with E-state index in [1.807, 2.05) is 36.9 Å². The van der Waals surface area contributed by atoms with Crippen LogP contribution < -0.4 is 0 Å². The van der Waals surface area contributed by atoms with Crippen LogP contribution in [0.15, 0.2) is 22.7 Å². The largest absolute Gasteiger partial charge is 0.375 e. The number of morpholine rings is 1. The average Bonchev–Trinajstić information content (AvgIpc) is 2.31. The second-order valence-corrected chi connectivity index (χ2v) is 5.27. The van der Waals surface area contributed by atoms with Crippen LogP contribution in [0.25, 0.3) is 0 Å². The van der Waals surface area contributed by atoms with Crippen LogP contribution in [0.2, 0.25) is 0 Å². The number of carbonyl (C=O) groups is 1. The monoisotopic (exact) mass is 297 g/mol. The van der Waals surface area contributed by atoms with Gasteiger partial charge in [0.25, 0.3) is 5.91 Å². The molecule has 0 unspecified atom stereocenters. The van der Waals surface area contributed by atoms with E-state index >= 15 is 0 Å². The van der Waals surface area contributed by atoms with Gasteiger partial charge in [-0.1, -0.05) is 11.6 Å². The number of rotatable bonds is 1. The first-order valence-corrected chi connectivity index (χ1v) is 6.54. The van der Waals surface area contributed by atoms with Gasteiger partial charge in [-0.3, -0.25) is 4.79 Å². The van der Waals surface area contributed by atoms with Crippen LogP contribution in [0.3, 0.4) is 0 Å². The third-order valence-electron chi connectivity index (χ3n) is 2.88. The van der Waals surface area contributed by atoms with Crippen molar-refractivity contribution in [1.29, 1.82) is 0 Å². The van der Waals surface area contributed by atoms with Gasteiger partial charge in [0, 0.05) is 17.6 Å². The number of hydrogen-bond acceptors (Lipinski definition) is 2. The molecule has 2 rings (SSSR count). The van der Waals surface area contributed by atoms with Crippen LogP contribution in [-0.2, 0) is 4.74 Å². The molecule has 17 heavy (non-hydrogen) atoms. The van der Waals surface area contributed by atoms with E-state index in [1.54, 1.807) is 0 Å². The van der Waals surface area contributed by atoms with Crippen LogP contribution in [-0.4, -0.2) is 36.6 Å². The third kappa shape index (κ3) is 2.87. The summed E-state index contributed by atoms with van der Waals surface area (Å²) in [5, 5.41) is 0. The predicted molar refractivity (Wildman–Crippen MR) is 70.2 cm³/mol. The van der Waals surface area contributed by atoms with Crippen molar-refractivity contribution in [3.63, 3.8) is 0 Å². The van der Waals surface area contributed by atoms with Gasteiger partial charge in [-0.15, -0.1) is 0 Å². The number of aryl methyl sites for hydroxylation is 1. The van der Waals surface area contributed by atoms with E-state index in [4.69, 9.17) is 4.74 Å². The van der Waals surface area contributed by atoms with Crippen LogP contribution >= 0.6 is 15.9 Å². The highest BCUT2D eigenvalue weighted by atomic mass is 79.9. The van der Waals surface area contributed by atoms with Crippen molar-refractivity contribution in [3.05, 3.63) is 33.8 Å². The Morgan fingerprint density at radius 2 is 2.29 bits per heavy atom. The van der Waals surface area contributed by atoms with Gasteiger partial charge < -0.3 is 9.64 Å². The van der Waals surface area contributed by atoms with E-state index in [-0.39, 0.29) is 12.0 Å². The first-order chi connectivity index (χ1) is 8.08. The summed E-state index contributed by atoms with van der Waals surface area (Å²) in [6.07, 6.45) is 0.122. The fourth-order valence-electron chi connectivity index (χ4n) is 1.98. The molecule has 1 fully saturated rings. The Labute approximate surface area is 110 Å². The maximum atomic E-state index is 12.4. The van der Waals surface area contributed by atoms with Crippen LogP contribution in [0.1, 0.15) is 22.8 Å². The molecule has 0 N–H and O–H groups in total. The number of amides is 1. The molecule has 1 amide bonds. The lowest BCUT2D eigenvalue weighted by Crippen LogP contribution is -2.44. The first-order valence-electron chi connectivity index (χ1n) is 5.75. The molecule has 0 saturated carbocycles. The molecule has 0 bridgehead atoms. The van der Waals surface area contributed by atoms with Gasteiger partial charge in [-0.25, -0.2) is 0 Å². The van der Waals surface area contributed by atoms with Crippen molar-refractivity contribution >= 4 is 21.8 Å². The van der Waals surface area contributed by atoms with Gasteiger partial charge >= 0.3 is 0 Å². The lowest BCUT2D eigenvalue weighted by molar-refractivity contribution is -0.0124. The molecule has 1 saturated heterocycles. The molecular formula is C13H16BrNO2. The molecule has 1 heterocycles. The van der Waals surface area contributed by atoms with E-state index in [9.17, 15) is 4.79 Å². The third-order valence-corrected chi connectivity index (χ3v) is 3.57. The van der Waals surface area contributed by atoms with Crippen LogP contribution in [0.5, 0.6) is 0 Å². The zero-order chi connectivity index (χ0) is 12.4. The molecule has 0 radical (unpaired) electrons.